The highest BCUT2D eigenvalue weighted by Gasteiger charge is 2.52. The van der Waals surface area contributed by atoms with Gasteiger partial charge in [-0.2, -0.15) is 4.72 Å². The summed E-state index contributed by atoms with van der Waals surface area (Å²) < 4.78 is 27.7. The second-order valence-corrected chi connectivity index (χ2v) is 8.01. The third-order valence-corrected chi connectivity index (χ3v) is 5.68. The molecule has 1 heterocycles. The Morgan fingerprint density at radius 1 is 1.21 bits per heavy atom. The van der Waals surface area contributed by atoms with Crippen LogP contribution in [0.15, 0.2) is 29.2 Å². The van der Waals surface area contributed by atoms with E-state index in [1.807, 2.05) is 12.1 Å². The lowest BCUT2D eigenvalue weighted by atomic mass is 9.67. The summed E-state index contributed by atoms with van der Waals surface area (Å²) in [4.78, 5) is 0.445. The molecule has 0 aromatic heterocycles. The Balaban J connectivity index is 2.65. The van der Waals surface area contributed by atoms with E-state index in [4.69, 9.17) is 0 Å². The SMILES string of the molecule is CCCCC1(C(C)(C)C)NS(=O)(=O)c2ccccc21. The third kappa shape index (κ3) is 2.21. The summed E-state index contributed by atoms with van der Waals surface area (Å²) in [5.41, 5.74) is 0.274. The first-order chi connectivity index (χ1) is 8.74. The van der Waals surface area contributed by atoms with E-state index in [0.29, 0.717) is 4.90 Å². The van der Waals surface area contributed by atoms with E-state index in [0.717, 1.165) is 24.8 Å². The normalized spacial score (nSPS) is 25.3. The maximum absolute atomic E-state index is 12.4. The fraction of sp³-hybridized carbons (Fsp3) is 0.600. The summed E-state index contributed by atoms with van der Waals surface area (Å²) in [7, 11) is -3.38. The lowest BCUT2D eigenvalue weighted by Gasteiger charge is -2.42. The molecular weight excluding hydrogens is 258 g/mol. The van der Waals surface area contributed by atoms with Crippen LogP contribution in [0.3, 0.4) is 0 Å². The molecule has 2 rings (SSSR count). The summed E-state index contributed by atoms with van der Waals surface area (Å²) in [5, 5.41) is 0. The van der Waals surface area contributed by atoms with Gasteiger partial charge in [0.25, 0.3) is 0 Å². The maximum Gasteiger partial charge on any atom is 0.241 e. The molecule has 0 saturated carbocycles. The van der Waals surface area contributed by atoms with Crippen LogP contribution in [0.4, 0.5) is 0 Å². The Bertz CT molecular complexity index is 572. The van der Waals surface area contributed by atoms with Crippen LogP contribution < -0.4 is 4.72 Å². The van der Waals surface area contributed by atoms with Crippen LogP contribution in [0, 0.1) is 5.41 Å². The van der Waals surface area contributed by atoms with Crippen LogP contribution in [0.5, 0.6) is 0 Å². The van der Waals surface area contributed by atoms with Crippen molar-refractivity contribution in [2.75, 3.05) is 0 Å². The molecule has 0 spiro atoms. The van der Waals surface area contributed by atoms with Crippen molar-refractivity contribution in [1.82, 2.24) is 4.72 Å². The number of hydrogen-bond donors (Lipinski definition) is 1. The summed E-state index contributed by atoms with van der Waals surface area (Å²) in [6, 6.07) is 7.37. The van der Waals surface area contributed by atoms with E-state index in [1.54, 1.807) is 12.1 Å². The number of benzene rings is 1. The molecule has 0 saturated heterocycles. The van der Waals surface area contributed by atoms with Gasteiger partial charge in [-0.25, -0.2) is 8.42 Å². The predicted molar refractivity (Wildman–Crippen MR) is 77.4 cm³/mol. The Morgan fingerprint density at radius 2 is 1.84 bits per heavy atom. The molecular formula is C15H23NO2S. The first-order valence-electron chi connectivity index (χ1n) is 6.88. The van der Waals surface area contributed by atoms with Crippen LogP contribution in [0.2, 0.25) is 0 Å². The number of rotatable bonds is 3. The predicted octanol–water partition coefficient (Wildman–Crippen LogP) is 3.41. The first kappa shape index (κ1) is 14.5. The maximum atomic E-state index is 12.4. The molecule has 0 aliphatic carbocycles. The molecule has 1 aliphatic rings. The largest absolute Gasteiger partial charge is 0.241 e. The zero-order valence-electron chi connectivity index (χ0n) is 12.2. The van der Waals surface area contributed by atoms with Gasteiger partial charge in [-0.3, -0.25) is 0 Å². The molecule has 106 valence electrons. The van der Waals surface area contributed by atoms with Crippen LogP contribution in [0.1, 0.15) is 52.5 Å². The molecule has 0 radical (unpaired) electrons. The minimum atomic E-state index is -3.38. The monoisotopic (exact) mass is 281 g/mol. The highest BCUT2D eigenvalue weighted by Crippen LogP contribution is 2.49. The summed E-state index contributed by atoms with van der Waals surface area (Å²) >= 11 is 0. The molecule has 1 atom stereocenters. The average Bonchev–Trinajstić information content (AvgIpc) is 2.56. The summed E-state index contributed by atoms with van der Waals surface area (Å²) in [6.45, 7) is 8.44. The minimum absolute atomic E-state index is 0.165. The molecule has 1 unspecified atom stereocenters. The Morgan fingerprint density at radius 3 is 2.42 bits per heavy atom. The highest BCUT2D eigenvalue weighted by molar-refractivity contribution is 7.89. The van der Waals surface area contributed by atoms with Crippen molar-refractivity contribution in [2.45, 2.75) is 57.4 Å². The molecule has 1 aromatic carbocycles. The van der Waals surface area contributed by atoms with Gasteiger partial charge in [-0.1, -0.05) is 58.7 Å². The van der Waals surface area contributed by atoms with E-state index in [9.17, 15) is 8.42 Å². The topological polar surface area (TPSA) is 46.2 Å². The number of sulfonamides is 1. The summed E-state index contributed by atoms with van der Waals surface area (Å²) in [6.07, 6.45) is 2.90. The lowest BCUT2D eigenvalue weighted by Crippen LogP contribution is -2.49. The van der Waals surface area contributed by atoms with Crippen LogP contribution in [-0.2, 0) is 15.6 Å². The Hall–Kier alpha value is -0.870. The van der Waals surface area contributed by atoms with E-state index in [2.05, 4.69) is 32.4 Å². The number of nitrogens with one attached hydrogen (secondary N) is 1. The van der Waals surface area contributed by atoms with Gasteiger partial charge in [0.1, 0.15) is 0 Å². The minimum Gasteiger partial charge on any atom is -0.207 e. The fourth-order valence-corrected chi connectivity index (χ4v) is 4.83. The second-order valence-electron chi connectivity index (χ2n) is 6.36. The quantitative estimate of drug-likeness (QED) is 0.923. The molecule has 4 heteroatoms. The van der Waals surface area contributed by atoms with Crippen LogP contribution in [0.25, 0.3) is 0 Å². The van der Waals surface area contributed by atoms with E-state index in [-0.39, 0.29) is 5.41 Å². The molecule has 1 N–H and O–H groups in total. The molecule has 19 heavy (non-hydrogen) atoms. The second kappa shape index (κ2) is 4.60. The third-order valence-electron chi connectivity index (χ3n) is 4.13. The molecule has 1 aromatic rings. The number of fused-ring (bicyclic) bond motifs is 1. The van der Waals surface area contributed by atoms with Gasteiger partial charge < -0.3 is 0 Å². The van der Waals surface area contributed by atoms with Gasteiger partial charge in [0.05, 0.1) is 10.4 Å². The lowest BCUT2D eigenvalue weighted by molar-refractivity contribution is 0.153. The Labute approximate surface area is 116 Å². The van der Waals surface area contributed by atoms with Crippen molar-refractivity contribution in [1.29, 1.82) is 0 Å². The van der Waals surface area contributed by atoms with Crippen molar-refractivity contribution < 1.29 is 8.42 Å². The van der Waals surface area contributed by atoms with Gasteiger partial charge in [0, 0.05) is 0 Å². The van der Waals surface area contributed by atoms with Crippen LogP contribution in [-0.4, -0.2) is 8.42 Å². The molecule has 0 fully saturated rings. The fourth-order valence-electron chi connectivity index (χ4n) is 2.95. The van der Waals surface area contributed by atoms with Gasteiger partial charge in [-0.15, -0.1) is 0 Å². The molecule has 3 nitrogen and oxygen atoms in total. The number of hydrogen-bond acceptors (Lipinski definition) is 2. The molecule has 0 bridgehead atoms. The van der Waals surface area contributed by atoms with Crippen molar-refractivity contribution in [3.05, 3.63) is 29.8 Å². The van der Waals surface area contributed by atoms with Crippen molar-refractivity contribution in [3.63, 3.8) is 0 Å². The van der Waals surface area contributed by atoms with E-state index >= 15 is 0 Å². The van der Waals surface area contributed by atoms with E-state index in [1.165, 1.54) is 0 Å². The smallest absolute Gasteiger partial charge is 0.207 e. The van der Waals surface area contributed by atoms with Gasteiger partial charge >= 0.3 is 0 Å². The van der Waals surface area contributed by atoms with Gasteiger partial charge in [0.2, 0.25) is 10.0 Å². The average molecular weight is 281 g/mol. The van der Waals surface area contributed by atoms with Crippen molar-refractivity contribution in [3.8, 4) is 0 Å². The van der Waals surface area contributed by atoms with Crippen LogP contribution >= 0.6 is 0 Å². The van der Waals surface area contributed by atoms with Gasteiger partial charge in [0.15, 0.2) is 0 Å². The molecule has 0 amide bonds. The zero-order valence-corrected chi connectivity index (χ0v) is 13.0. The highest BCUT2D eigenvalue weighted by atomic mass is 32.2. The van der Waals surface area contributed by atoms with E-state index < -0.39 is 15.6 Å². The Kier molecular flexibility index (Phi) is 3.52. The summed E-state index contributed by atoms with van der Waals surface area (Å²) in [5.74, 6) is 0. The standard InChI is InChI=1S/C15H23NO2S/c1-5-6-11-15(14(2,3)4)12-9-7-8-10-13(12)19(17,18)16-15/h7-10,16H,5-6,11H2,1-4H3. The van der Waals surface area contributed by atoms with Crippen molar-refractivity contribution in [2.24, 2.45) is 5.41 Å². The number of unbranched alkanes of at least 4 members (excludes halogenated alkanes) is 1. The zero-order chi connectivity index (χ0) is 14.3. The van der Waals surface area contributed by atoms with Gasteiger partial charge in [-0.05, 0) is 23.5 Å². The first-order valence-corrected chi connectivity index (χ1v) is 8.36. The molecule has 1 aliphatic heterocycles. The van der Waals surface area contributed by atoms with Crippen molar-refractivity contribution >= 4 is 10.0 Å².